The zero-order valence-electron chi connectivity index (χ0n) is 16.6. The van der Waals surface area contributed by atoms with Crippen LogP contribution in [0.5, 0.6) is 11.5 Å². The second-order valence-electron chi connectivity index (χ2n) is 8.02. The van der Waals surface area contributed by atoms with Crippen LogP contribution in [0.2, 0.25) is 0 Å². The Hall–Kier alpha value is -3.35. The van der Waals surface area contributed by atoms with Crippen LogP contribution in [-0.4, -0.2) is 39.5 Å². The van der Waals surface area contributed by atoms with Crippen molar-refractivity contribution in [1.82, 2.24) is 5.32 Å². The number of phenolic OH excluding ortho intramolecular Hbond substituents is 2. The topological polar surface area (TPSA) is 113 Å². The number of hydrogen-bond donors (Lipinski definition) is 3. The fraction of sp³-hybridized carbons (Fsp3) is 0.318. The molecule has 152 valence electrons. The van der Waals surface area contributed by atoms with E-state index in [0.29, 0.717) is 11.1 Å². The average molecular weight is 397 g/mol. The number of nitrogens with one attached hydrogen (secondary N) is 1. The van der Waals surface area contributed by atoms with Gasteiger partial charge in [0.25, 0.3) is 0 Å². The van der Waals surface area contributed by atoms with Gasteiger partial charge in [-0.1, -0.05) is 24.3 Å². The summed E-state index contributed by atoms with van der Waals surface area (Å²) in [7, 11) is 0. The maximum Gasteiger partial charge on any atom is 0.408 e. The third kappa shape index (κ3) is 3.81. The number of phenols is 2. The van der Waals surface area contributed by atoms with Gasteiger partial charge in [0.1, 0.15) is 17.1 Å². The fourth-order valence-corrected chi connectivity index (χ4v) is 3.50. The Bertz CT molecular complexity index is 949. The van der Waals surface area contributed by atoms with Crippen LogP contribution < -0.4 is 5.32 Å². The highest BCUT2D eigenvalue weighted by atomic mass is 16.6. The molecule has 0 heterocycles. The molecule has 3 N–H and O–H groups in total. The monoisotopic (exact) mass is 397 g/mol. The molecule has 7 nitrogen and oxygen atoms in total. The van der Waals surface area contributed by atoms with E-state index in [1.165, 1.54) is 19.1 Å². The van der Waals surface area contributed by atoms with Gasteiger partial charge in [-0.25, -0.2) is 4.79 Å². The lowest BCUT2D eigenvalue weighted by molar-refractivity contribution is -0.121. The minimum absolute atomic E-state index is 0.0238. The molecule has 2 aromatic carbocycles. The summed E-state index contributed by atoms with van der Waals surface area (Å²) in [4.78, 5) is 38.3. The Morgan fingerprint density at radius 3 is 1.93 bits per heavy atom. The van der Waals surface area contributed by atoms with Gasteiger partial charge in [-0.2, -0.15) is 0 Å². The molecule has 7 heteroatoms. The number of fused-ring (bicyclic) bond motifs is 2. The molecule has 0 fully saturated rings. The second kappa shape index (κ2) is 7.24. The van der Waals surface area contributed by atoms with Gasteiger partial charge in [-0.3, -0.25) is 9.59 Å². The summed E-state index contributed by atoms with van der Waals surface area (Å²) in [5.74, 6) is -2.44. The van der Waals surface area contributed by atoms with Gasteiger partial charge in [0.05, 0.1) is 23.1 Å². The summed E-state index contributed by atoms with van der Waals surface area (Å²) < 4.78 is 5.20. The Morgan fingerprint density at radius 2 is 1.48 bits per heavy atom. The molecule has 1 aliphatic carbocycles. The average Bonchev–Trinajstić information content (AvgIpc) is 2.59. The first-order valence-corrected chi connectivity index (χ1v) is 9.23. The number of aromatic hydroxyl groups is 2. The fourth-order valence-electron chi connectivity index (χ4n) is 3.50. The van der Waals surface area contributed by atoms with E-state index in [1.54, 1.807) is 45.0 Å². The molecule has 29 heavy (non-hydrogen) atoms. The van der Waals surface area contributed by atoms with E-state index < -0.39 is 35.2 Å². The molecule has 0 aliphatic heterocycles. The van der Waals surface area contributed by atoms with E-state index in [-0.39, 0.29) is 22.6 Å². The number of ketones is 2. The van der Waals surface area contributed by atoms with Crippen molar-refractivity contribution < 1.29 is 29.3 Å². The predicted octanol–water partition coefficient (Wildman–Crippen LogP) is 3.26. The lowest BCUT2D eigenvalue weighted by Crippen LogP contribution is -2.44. The minimum atomic E-state index is -0.943. The maximum absolute atomic E-state index is 13.3. The van der Waals surface area contributed by atoms with E-state index in [1.807, 2.05) is 0 Å². The summed E-state index contributed by atoms with van der Waals surface area (Å²) in [5, 5.41) is 23.0. The molecular formula is C22H23NO6. The molecule has 1 aliphatic rings. The first-order valence-electron chi connectivity index (χ1n) is 9.23. The Kier molecular flexibility index (Phi) is 5.09. The number of hydrogen-bond acceptors (Lipinski definition) is 6. The Balaban J connectivity index is 2.03. The smallest absolute Gasteiger partial charge is 0.408 e. The van der Waals surface area contributed by atoms with E-state index in [0.717, 1.165) is 0 Å². The van der Waals surface area contributed by atoms with Gasteiger partial charge < -0.3 is 20.3 Å². The van der Waals surface area contributed by atoms with Gasteiger partial charge in [0.15, 0.2) is 5.78 Å². The van der Waals surface area contributed by atoms with Crippen LogP contribution in [0.3, 0.4) is 0 Å². The molecule has 1 atom stereocenters. The van der Waals surface area contributed by atoms with Crippen molar-refractivity contribution in [2.24, 2.45) is 0 Å². The minimum Gasteiger partial charge on any atom is -0.507 e. The van der Waals surface area contributed by atoms with Crippen molar-refractivity contribution in [2.45, 2.75) is 45.3 Å². The molecule has 0 bridgehead atoms. The lowest BCUT2D eigenvalue weighted by atomic mass is 9.74. The van der Waals surface area contributed by atoms with Gasteiger partial charge >= 0.3 is 6.09 Å². The number of benzene rings is 2. The van der Waals surface area contributed by atoms with E-state index in [9.17, 15) is 24.6 Å². The SMILES string of the molecule is C[C@H](NC(=O)OC(C)(C)C)C(=O)C1c2cccc(O)c2C(=O)c2c(O)cccc21. The lowest BCUT2D eigenvalue weighted by Gasteiger charge is -2.29. The summed E-state index contributed by atoms with van der Waals surface area (Å²) in [6, 6.07) is 8.03. The summed E-state index contributed by atoms with van der Waals surface area (Å²) in [6.45, 7) is 6.66. The highest BCUT2D eigenvalue weighted by Crippen LogP contribution is 2.43. The maximum atomic E-state index is 13.3. The highest BCUT2D eigenvalue weighted by molar-refractivity contribution is 6.18. The summed E-state index contributed by atoms with van der Waals surface area (Å²) >= 11 is 0. The van der Waals surface area contributed by atoms with E-state index >= 15 is 0 Å². The molecule has 2 aromatic rings. The van der Waals surface area contributed by atoms with Gasteiger partial charge in [-0.15, -0.1) is 0 Å². The number of alkyl carbamates (subject to hydrolysis) is 1. The van der Waals surface area contributed by atoms with Crippen molar-refractivity contribution in [2.75, 3.05) is 0 Å². The predicted molar refractivity (Wildman–Crippen MR) is 105 cm³/mol. The molecule has 1 amide bonds. The summed E-state index contributed by atoms with van der Waals surface area (Å²) in [6.07, 6.45) is -0.738. The van der Waals surface area contributed by atoms with Gasteiger partial charge in [0, 0.05) is 0 Å². The summed E-state index contributed by atoms with van der Waals surface area (Å²) in [5.41, 5.74) is -0.110. The zero-order valence-corrected chi connectivity index (χ0v) is 16.6. The van der Waals surface area contributed by atoms with Crippen LogP contribution in [0.25, 0.3) is 0 Å². The van der Waals surface area contributed by atoms with Crippen molar-refractivity contribution in [1.29, 1.82) is 0 Å². The second-order valence-corrected chi connectivity index (χ2v) is 8.02. The zero-order chi connectivity index (χ0) is 21.5. The molecule has 0 unspecified atom stereocenters. The number of carbonyl (C=O) groups is 3. The van der Waals surface area contributed by atoms with Gasteiger partial charge in [-0.05, 0) is 51.0 Å². The first kappa shape index (κ1) is 20.4. The van der Waals surface area contributed by atoms with Crippen molar-refractivity contribution in [3.63, 3.8) is 0 Å². The Labute approximate surface area is 168 Å². The van der Waals surface area contributed by atoms with Crippen LogP contribution in [0.4, 0.5) is 4.79 Å². The number of ether oxygens (including phenoxy) is 1. The molecule has 0 saturated carbocycles. The van der Waals surface area contributed by atoms with Crippen LogP contribution >= 0.6 is 0 Å². The first-order chi connectivity index (χ1) is 13.5. The van der Waals surface area contributed by atoms with E-state index in [4.69, 9.17) is 4.74 Å². The standard InChI is InChI=1S/C22H23NO6/c1-11(23-21(28)29-22(2,3)4)19(26)16-12-7-5-9-14(24)17(12)20(27)18-13(16)8-6-10-15(18)25/h5-11,16,24-25H,1-4H3,(H,23,28)/t11-/m0/s1. The number of amides is 1. The third-order valence-corrected chi connectivity index (χ3v) is 4.67. The largest absolute Gasteiger partial charge is 0.507 e. The third-order valence-electron chi connectivity index (χ3n) is 4.67. The number of Topliss-reactive ketones (excluding diaryl/α,β-unsaturated/α-hetero) is 1. The van der Waals surface area contributed by atoms with Crippen LogP contribution in [0.15, 0.2) is 36.4 Å². The highest BCUT2D eigenvalue weighted by Gasteiger charge is 2.40. The van der Waals surface area contributed by atoms with Crippen LogP contribution in [0.1, 0.15) is 60.7 Å². The quantitative estimate of drug-likeness (QED) is 0.733. The van der Waals surface area contributed by atoms with Crippen LogP contribution in [0, 0.1) is 0 Å². The van der Waals surface area contributed by atoms with Gasteiger partial charge in [0.2, 0.25) is 5.78 Å². The molecule has 0 aromatic heterocycles. The van der Waals surface area contributed by atoms with Crippen LogP contribution in [-0.2, 0) is 9.53 Å². The van der Waals surface area contributed by atoms with Crippen molar-refractivity contribution >= 4 is 17.7 Å². The molecule has 0 spiro atoms. The normalized spacial score (nSPS) is 14.6. The molecule has 0 saturated heterocycles. The van der Waals surface area contributed by atoms with Crippen molar-refractivity contribution in [3.05, 3.63) is 58.7 Å². The molecular weight excluding hydrogens is 374 g/mol. The number of rotatable bonds is 3. The molecule has 0 radical (unpaired) electrons. The number of carbonyl (C=O) groups excluding carboxylic acids is 3. The van der Waals surface area contributed by atoms with Crippen molar-refractivity contribution in [3.8, 4) is 11.5 Å². The molecule has 3 rings (SSSR count). The van der Waals surface area contributed by atoms with E-state index in [2.05, 4.69) is 5.32 Å². The Morgan fingerprint density at radius 1 is 1.00 bits per heavy atom.